The van der Waals surface area contributed by atoms with Crippen molar-refractivity contribution in [2.24, 2.45) is 0 Å². The van der Waals surface area contributed by atoms with Crippen molar-refractivity contribution in [1.82, 2.24) is 14.5 Å². The Balaban J connectivity index is 0.000000521. The van der Waals surface area contributed by atoms with Gasteiger partial charge in [-0.3, -0.25) is 4.79 Å². The maximum Gasteiger partial charge on any atom is 0.292 e. The molecule has 0 saturated carbocycles. The number of hydrogen-bond acceptors (Lipinski definition) is 4. The molecule has 5 heteroatoms. The summed E-state index contributed by atoms with van der Waals surface area (Å²) in [5, 5.41) is 1.16. The molecule has 0 spiro atoms. The van der Waals surface area contributed by atoms with E-state index in [0.29, 0.717) is 12.5 Å². The zero-order valence-electron chi connectivity index (χ0n) is 13.5. The van der Waals surface area contributed by atoms with Crippen molar-refractivity contribution in [3.05, 3.63) is 23.8 Å². The topological polar surface area (TPSA) is 57.0 Å². The molecule has 0 unspecified atom stereocenters. The molecule has 20 heavy (non-hydrogen) atoms. The Morgan fingerprint density at radius 1 is 1.30 bits per heavy atom. The molecule has 2 heterocycles. The minimum atomic E-state index is 0.375. The molecule has 2 aromatic heterocycles. The highest BCUT2D eigenvalue weighted by atomic mass is 16.5. The first-order chi connectivity index (χ1) is 9.51. The van der Waals surface area contributed by atoms with E-state index in [1.165, 1.54) is 12.7 Å². The Labute approximate surface area is 121 Å². The van der Waals surface area contributed by atoms with Crippen LogP contribution in [0.3, 0.4) is 0 Å². The third kappa shape index (κ3) is 4.64. The number of aryl methyl sites for hydroxylation is 2. The number of fused-ring (bicyclic) bond motifs is 1. The van der Waals surface area contributed by atoms with E-state index in [2.05, 4.69) is 46.2 Å². The second-order valence-corrected chi connectivity index (χ2v) is 4.30. The largest absolute Gasteiger partial charge is 0.471 e. The Hall–Kier alpha value is -1.91. The lowest BCUT2D eigenvalue weighted by atomic mass is 10.3. The Morgan fingerprint density at radius 2 is 1.85 bits per heavy atom. The van der Waals surface area contributed by atoms with Gasteiger partial charge in [-0.15, -0.1) is 0 Å². The van der Waals surface area contributed by atoms with Crippen LogP contribution in [-0.2, 0) is 9.53 Å². The lowest BCUT2D eigenvalue weighted by molar-refractivity contribution is -0.126. The number of carbonyl (C=O) groups excluding carboxylic acids is 1. The van der Waals surface area contributed by atoms with Crippen LogP contribution in [-0.4, -0.2) is 28.1 Å². The number of hydrogen-bond donors (Lipinski definition) is 0. The number of nitrogens with zero attached hydrogens (tertiary/aromatic N) is 3. The molecular weight excluding hydrogens is 254 g/mol. The van der Waals surface area contributed by atoms with Crippen LogP contribution in [0, 0.1) is 13.8 Å². The number of carbonyl (C=O) groups is 1. The first-order valence-electron chi connectivity index (χ1n) is 6.78. The molecule has 0 aliphatic rings. The molecule has 0 aliphatic carbocycles. The third-order valence-electron chi connectivity index (χ3n) is 2.54. The summed E-state index contributed by atoms with van der Waals surface area (Å²) in [7, 11) is 1.31. The Morgan fingerprint density at radius 3 is 2.30 bits per heavy atom. The maximum atomic E-state index is 8.95. The van der Waals surface area contributed by atoms with Gasteiger partial charge in [-0.05, 0) is 33.3 Å². The van der Waals surface area contributed by atoms with Gasteiger partial charge in [-0.2, -0.15) is 0 Å². The molecule has 0 saturated heterocycles. The summed E-state index contributed by atoms with van der Waals surface area (Å²) in [6, 6.07) is 0.445. The van der Waals surface area contributed by atoms with Gasteiger partial charge in [-0.25, -0.2) is 9.97 Å². The van der Waals surface area contributed by atoms with Gasteiger partial charge in [0.1, 0.15) is 11.5 Å². The van der Waals surface area contributed by atoms with Gasteiger partial charge < -0.3 is 9.30 Å². The van der Waals surface area contributed by atoms with E-state index >= 15 is 0 Å². The van der Waals surface area contributed by atoms with E-state index in [1.54, 1.807) is 0 Å². The summed E-state index contributed by atoms with van der Waals surface area (Å²) in [6.45, 7) is 12.7. The van der Waals surface area contributed by atoms with Crippen LogP contribution in [0.25, 0.3) is 11.0 Å². The molecule has 112 valence electrons. The zero-order chi connectivity index (χ0) is 15.7. The molecule has 0 amide bonds. The fourth-order valence-corrected chi connectivity index (χ4v) is 1.67. The summed E-state index contributed by atoms with van der Waals surface area (Å²) >= 11 is 0. The van der Waals surface area contributed by atoms with Crippen molar-refractivity contribution in [3.63, 3.8) is 0 Å². The summed E-state index contributed by atoms with van der Waals surface area (Å²) in [4.78, 5) is 17.6. The Bertz CT molecular complexity index is 533. The number of aromatic nitrogens is 3. The van der Waals surface area contributed by atoms with Crippen molar-refractivity contribution < 1.29 is 9.53 Å². The van der Waals surface area contributed by atoms with E-state index in [0.717, 1.165) is 16.9 Å². The van der Waals surface area contributed by atoms with Gasteiger partial charge in [-0.1, -0.05) is 13.8 Å². The second-order valence-electron chi connectivity index (χ2n) is 4.30. The van der Waals surface area contributed by atoms with Crippen LogP contribution < -0.4 is 0 Å². The number of rotatable bonds is 2. The Kier molecular flexibility index (Phi) is 8.20. The van der Waals surface area contributed by atoms with Gasteiger partial charge in [0, 0.05) is 23.8 Å². The molecule has 0 fully saturated rings. The zero-order valence-corrected chi connectivity index (χ0v) is 13.5. The third-order valence-corrected chi connectivity index (χ3v) is 2.54. The summed E-state index contributed by atoms with van der Waals surface area (Å²) in [6.07, 6.45) is 4.05. The van der Waals surface area contributed by atoms with Crippen LogP contribution in [0.1, 0.15) is 45.1 Å². The van der Waals surface area contributed by atoms with Gasteiger partial charge in [0.05, 0.1) is 7.11 Å². The highest BCUT2D eigenvalue weighted by Crippen LogP contribution is 2.21. The van der Waals surface area contributed by atoms with E-state index in [9.17, 15) is 0 Å². The monoisotopic (exact) mass is 279 g/mol. The fraction of sp³-hybridized carbons (Fsp3) is 0.533. The molecule has 0 bridgehead atoms. The number of ether oxygens (including phenoxy) is 1. The highest BCUT2D eigenvalue weighted by Gasteiger charge is 2.09. The average molecular weight is 279 g/mol. The molecule has 0 N–H and O–H groups in total. The predicted molar refractivity (Wildman–Crippen MR) is 81.8 cm³/mol. The first-order valence-corrected chi connectivity index (χ1v) is 6.78. The van der Waals surface area contributed by atoms with Crippen LogP contribution in [0.15, 0.2) is 12.4 Å². The van der Waals surface area contributed by atoms with E-state index in [4.69, 9.17) is 4.79 Å². The maximum absolute atomic E-state index is 8.95. The van der Waals surface area contributed by atoms with Crippen molar-refractivity contribution >= 4 is 17.5 Å². The minimum Gasteiger partial charge on any atom is -0.471 e. The van der Waals surface area contributed by atoms with Gasteiger partial charge in [0.15, 0.2) is 0 Å². The van der Waals surface area contributed by atoms with E-state index < -0.39 is 0 Å². The molecule has 2 rings (SSSR count). The molecule has 0 radical (unpaired) electrons. The highest BCUT2D eigenvalue weighted by molar-refractivity contribution is 5.79. The van der Waals surface area contributed by atoms with Crippen molar-refractivity contribution in [1.29, 1.82) is 0 Å². The smallest absolute Gasteiger partial charge is 0.292 e. The summed E-state index contributed by atoms with van der Waals surface area (Å²) in [5.74, 6) is 0.831. The average Bonchev–Trinajstić information content (AvgIpc) is 2.78. The van der Waals surface area contributed by atoms with Crippen LogP contribution >= 0.6 is 0 Å². The van der Waals surface area contributed by atoms with Gasteiger partial charge in [0.2, 0.25) is 0 Å². The normalized spacial score (nSPS) is 9.40. The molecule has 2 aromatic rings. The lowest BCUT2D eigenvalue weighted by Crippen LogP contribution is -2.00. The quantitative estimate of drug-likeness (QED) is 0.790. The van der Waals surface area contributed by atoms with Crippen molar-refractivity contribution in [2.45, 2.75) is 47.6 Å². The summed E-state index contributed by atoms with van der Waals surface area (Å²) < 4.78 is 6.05. The molecule has 5 nitrogen and oxygen atoms in total. The van der Waals surface area contributed by atoms with Crippen molar-refractivity contribution in [3.8, 4) is 0 Å². The van der Waals surface area contributed by atoms with Gasteiger partial charge in [0.25, 0.3) is 6.47 Å². The van der Waals surface area contributed by atoms with E-state index in [-0.39, 0.29) is 0 Å². The van der Waals surface area contributed by atoms with Crippen LogP contribution in [0.2, 0.25) is 0 Å². The molecule has 0 aliphatic heterocycles. The van der Waals surface area contributed by atoms with Gasteiger partial charge >= 0.3 is 0 Å². The molecule has 0 atom stereocenters. The summed E-state index contributed by atoms with van der Waals surface area (Å²) in [5.41, 5.74) is 2.29. The second kappa shape index (κ2) is 9.07. The SMILES string of the molecule is CC.COC=O.Cc1ncc2c(C)cn(C(C)C)c2n1. The minimum absolute atomic E-state index is 0.375. The van der Waals surface area contributed by atoms with E-state index in [1.807, 2.05) is 27.0 Å². The first kappa shape index (κ1) is 18.1. The van der Waals surface area contributed by atoms with Crippen LogP contribution in [0.5, 0.6) is 0 Å². The lowest BCUT2D eigenvalue weighted by Gasteiger charge is -2.07. The predicted octanol–water partition coefficient (Wildman–Crippen LogP) is 3.44. The molecular formula is C15H25N3O2. The van der Waals surface area contributed by atoms with Crippen molar-refractivity contribution in [2.75, 3.05) is 7.11 Å². The number of methoxy groups -OCH3 is 1. The molecule has 0 aromatic carbocycles. The fourth-order valence-electron chi connectivity index (χ4n) is 1.67. The van der Waals surface area contributed by atoms with Crippen LogP contribution in [0.4, 0.5) is 0 Å². The standard InChI is InChI=1S/C11H15N3.C2H4O2.C2H6/c1-7(2)14-6-8(3)10-5-12-9(4)13-11(10)14;1-4-2-3;1-2/h5-7H,1-4H3;2H,1H3;1-2H3.